The third-order valence-electron chi connectivity index (χ3n) is 5.78. The van der Waals surface area contributed by atoms with Crippen LogP contribution in [-0.2, 0) is 9.53 Å². The minimum atomic E-state index is 0.0122. The van der Waals surface area contributed by atoms with Gasteiger partial charge in [-0.15, -0.1) is 0 Å². The Balaban J connectivity index is 3.94. The average molecular weight is 397 g/mol. The molecule has 0 aromatic rings. The van der Waals surface area contributed by atoms with E-state index >= 15 is 0 Å². The highest BCUT2D eigenvalue weighted by Gasteiger charge is 2.12. The Morgan fingerprint density at radius 1 is 0.714 bits per heavy atom. The molecule has 0 aliphatic carbocycles. The van der Waals surface area contributed by atoms with Gasteiger partial charge in [0.25, 0.3) is 0 Å². The summed E-state index contributed by atoms with van der Waals surface area (Å²) in [6.07, 6.45) is 21.1. The van der Waals surface area contributed by atoms with E-state index in [9.17, 15) is 4.79 Å². The molecule has 2 heteroatoms. The van der Waals surface area contributed by atoms with Gasteiger partial charge in [0.15, 0.2) is 0 Å². The topological polar surface area (TPSA) is 26.3 Å². The Morgan fingerprint density at radius 2 is 1.25 bits per heavy atom. The standard InChI is InChI=1S/C26H52O2/c1-6-8-10-12-13-15-19-24(18-14-11-9-7-2)21-23-28-25(27)20-16-17-22-26(3,4)5/h24H,6-23H2,1-5H3. The van der Waals surface area contributed by atoms with Crippen LogP contribution >= 0.6 is 0 Å². The fourth-order valence-electron chi connectivity index (χ4n) is 3.84. The van der Waals surface area contributed by atoms with Crippen LogP contribution in [0.3, 0.4) is 0 Å². The lowest BCUT2D eigenvalue weighted by Gasteiger charge is -2.18. The summed E-state index contributed by atoms with van der Waals surface area (Å²) in [5, 5.41) is 0. The lowest BCUT2D eigenvalue weighted by molar-refractivity contribution is -0.144. The highest BCUT2D eigenvalue weighted by Crippen LogP contribution is 2.23. The molecule has 0 aromatic heterocycles. The second-order valence-corrected chi connectivity index (χ2v) is 10.0. The molecular weight excluding hydrogens is 344 g/mol. The van der Waals surface area contributed by atoms with Crippen molar-refractivity contribution in [2.75, 3.05) is 6.61 Å². The zero-order valence-electron chi connectivity index (χ0n) is 20.1. The Hall–Kier alpha value is -0.530. The van der Waals surface area contributed by atoms with Gasteiger partial charge >= 0.3 is 5.97 Å². The fourth-order valence-corrected chi connectivity index (χ4v) is 3.84. The zero-order valence-corrected chi connectivity index (χ0v) is 20.1. The molecule has 1 unspecified atom stereocenters. The smallest absolute Gasteiger partial charge is 0.305 e. The van der Waals surface area contributed by atoms with Gasteiger partial charge in [-0.1, -0.05) is 118 Å². The van der Waals surface area contributed by atoms with Gasteiger partial charge in [0, 0.05) is 6.42 Å². The van der Waals surface area contributed by atoms with Gasteiger partial charge in [0.05, 0.1) is 6.61 Å². The number of rotatable bonds is 19. The number of hydrogen-bond acceptors (Lipinski definition) is 2. The molecule has 0 aliphatic heterocycles. The Kier molecular flexibility index (Phi) is 18.1. The summed E-state index contributed by atoms with van der Waals surface area (Å²) in [5.41, 5.74) is 0.367. The molecule has 0 heterocycles. The summed E-state index contributed by atoms with van der Waals surface area (Å²) in [6.45, 7) is 12.0. The molecule has 0 aromatic carbocycles. The number of ether oxygens (including phenoxy) is 1. The monoisotopic (exact) mass is 396 g/mol. The van der Waals surface area contributed by atoms with Gasteiger partial charge in [-0.25, -0.2) is 0 Å². The molecular formula is C26H52O2. The third kappa shape index (κ3) is 20.2. The van der Waals surface area contributed by atoms with Gasteiger partial charge < -0.3 is 4.74 Å². The first-order chi connectivity index (χ1) is 13.4. The predicted molar refractivity (Wildman–Crippen MR) is 124 cm³/mol. The molecule has 0 bridgehead atoms. The van der Waals surface area contributed by atoms with Crippen molar-refractivity contribution in [3.05, 3.63) is 0 Å². The van der Waals surface area contributed by atoms with Crippen molar-refractivity contribution in [2.24, 2.45) is 11.3 Å². The zero-order chi connectivity index (χ0) is 21.1. The van der Waals surface area contributed by atoms with Crippen molar-refractivity contribution < 1.29 is 9.53 Å². The fraction of sp³-hybridized carbons (Fsp3) is 0.962. The van der Waals surface area contributed by atoms with E-state index in [1.807, 2.05) is 0 Å². The van der Waals surface area contributed by atoms with Gasteiger partial charge in [-0.05, 0) is 30.6 Å². The largest absolute Gasteiger partial charge is 0.466 e. The Morgan fingerprint density at radius 3 is 1.82 bits per heavy atom. The number of carbonyl (C=O) groups excluding carboxylic acids is 1. The highest BCUT2D eigenvalue weighted by molar-refractivity contribution is 5.69. The molecule has 168 valence electrons. The number of esters is 1. The van der Waals surface area contributed by atoms with Gasteiger partial charge in [0.1, 0.15) is 0 Å². The van der Waals surface area contributed by atoms with Crippen LogP contribution in [0.5, 0.6) is 0 Å². The quantitative estimate of drug-likeness (QED) is 0.161. The molecule has 0 radical (unpaired) electrons. The summed E-state index contributed by atoms with van der Waals surface area (Å²) in [4.78, 5) is 12.0. The van der Waals surface area contributed by atoms with Crippen molar-refractivity contribution in [1.29, 1.82) is 0 Å². The first-order valence-electron chi connectivity index (χ1n) is 12.5. The van der Waals surface area contributed by atoms with Crippen LogP contribution in [0.15, 0.2) is 0 Å². The molecule has 0 fully saturated rings. The van der Waals surface area contributed by atoms with Crippen molar-refractivity contribution in [3.63, 3.8) is 0 Å². The van der Waals surface area contributed by atoms with E-state index in [0.717, 1.165) is 25.2 Å². The maximum absolute atomic E-state index is 12.0. The highest BCUT2D eigenvalue weighted by atomic mass is 16.5. The molecule has 0 saturated carbocycles. The van der Waals surface area contributed by atoms with Crippen LogP contribution in [0.2, 0.25) is 0 Å². The maximum atomic E-state index is 12.0. The minimum Gasteiger partial charge on any atom is -0.466 e. The summed E-state index contributed by atoms with van der Waals surface area (Å²) < 4.78 is 5.55. The van der Waals surface area contributed by atoms with Gasteiger partial charge in [-0.3, -0.25) is 4.79 Å². The SMILES string of the molecule is CCCCCCCCC(CCCCCC)CCOC(=O)CCCCC(C)(C)C. The van der Waals surface area contributed by atoms with Crippen LogP contribution in [0.4, 0.5) is 0 Å². The van der Waals surface area contributed by atoms with Crippen molar-refractivity contribution >= 4 is 5.97 Å². The average Bonchev–Trinajstić information content (AvgIpc) is 2.63. The molecule has 0 rings (SSSR count). The van der Waals surface area contributed by atoms with E-state index in [-0.39, 0.29) is 5.97 Å². The summed E-state index contributed by atoms with van der Waals surface area (Å²) >= 11 is 0. The van der Waals surface area contributed by atoms with E-state index in [1.165, 1.54) is 83.5 Å². The predicted octanol–water partition coefficient (Wildman–Crippen LogP) is 8.86. The molecule has 1 atom stereocenters. The first kappa shape index (κ1) is 27.5. The van der Waals surface area contributed by atoms with E-state index in [0.29, 0.717) is 18.4 Å². The van der Waals surface area contributed by atoms with Crippen LogP contribution < -0.4 is 0 Å². The lowest BCUT2D eigenvalue weighted by atomic mass is 9.89. The second-order valence-electron chi connectivity index (χ2n) is 10.0. The lowest BCUT2D eigenvalue weighted by Crippen LogP contribution is -2.11. The molecule has 28 heavy (non-hydrogen) atoms. The summed E-state index contributed by atoms with van der Waals surface area (Å²) in [5.74, 6) is 0.759. The summed E-state index contributed by atoms with van der Waals surface area (Å²) in [7, 11) is 0. The molecule has 0 spiro atoms. The summed E-state index contributed by atoms with van der Waals surface area (Å²) in [6, 6.07) is 0. The van der Waals surface area contributed by atoms with Crippen molar-refractivity contribution in [2.45, 2.75) is 144 Å². The Labute approximate surface area is 177 Å². The number of carbonyl (C=O) groups is 1. The molecule has 0 aliphatic rings. The normalized spacial score (nSPS) is 12.9. The maximum Gasteiger partial charge on any atom is 0.305 e. The van der Waals surface area contributed by atoms with E-state index in [4.69, 9.17) is 4.74 Å². The molecule has 2 nitrogen and oxygen atoms in total. The van der Waals surface area contributed by atoms with Crippen LogP contribution in [0.1, 0.15) is 144 Å². The van der Waals surface area contributed by atoms with Crippen molar-refractivity contribution in [1.82, 2.24) is 0 Å². The van der Waals surface area contributed by atoms with E-state index < -0.39 is 0 Å². The second kappa shape index (κ2) is 18.5. The van der Waals surface area contributed by atoms with E-state index in [1.54, 1.807) is 0 Å². The van der Waals surface area contributed by atoms with Crippen LogP contribution in [0, 0.1) is 11.3 Å². The first-order valence-corrected chi connectivity index (χ1v) is 12.5. The minimum absolute atomic E-state index is 0.0122. The van der Waals surface area contributed by atoms with Crippen LogP contribution in [-0.4, -0.2) is 12.6 Å². The molecule has 0 amide bonds. The molecule has 0 saturated heterocycles. The number of unbranched alkanes of at least 4 members (excludes halogenated alkanes) is 9. The molecule has 0 N–H and O–H groups in total. The number of hydrogen-bond donors (Lipinski definition) is 0. The Bertz CT molecular complexity index is 343. The van der Waals surface area contributed by atoms with Crippen LogP contribution in [0.25, 0.3) is 0 Å². The van der Waals surface area contributed by atoms with Crippen molar-refractivity contribution in [3.8, 4) is 0 Å². The van der Waals surface area contributed by atoms with E-state index in [2.05, 4.69) is 34.6 Å². The van der Waals surface area contributed by atoms with Gasteiger partial charge in [0.2, 0.25) is 0 Å². The third-order valence-corrected chi connectivity index (χ3v) is 5.78. The van der Waals surface area contributed by atoms with Gasteiger partial charge in [-0.2, -0.15) is 0 Å².